The van der Waals surface area contributed by atoms with E-state index in [1.807, 2.05) is 0 Å². The second kappa shape index (κ2) is 5.78. The lowest BCUT2D eigenvalue weighted by molar-refractivity contribution is 0.0924. The van der Waals surface area contributed by atoms with Gasteiger partial charge in [-0.3, -0.25) is 4.79 Å². The number of carbonyl (C=O) groups is 1. The van der Waals surface area contributed by atoms with Crippen LogP contribution in [-0.2, 0) is 0 Å². The Morgan fingerprint density at radius 3 is 2.79 bits per heavy atom. The highest BCUT2D eigenvalue weighted by Gasteiger charge is 2.32. The molecule has 1 amide bonds. The third-order valence-corrected chi connectivity index (χ3v) is 4.43. The van der Waals surface area contributed by atoms with Gasteiger partial charge in [-0.2, -0.15) is 0 Å². The number of nitrogens with zero attached hydrogens (tertiary/aromatic N) is 1. The van der Waals surface area contributed by atoms with Gasteiger partial charge in [-0.1, -0.05) is 31.4 Å². The predicted octanol–water partition coefficient (Wildman–Crippen LogP) is 3.02. The first-order valence-corrected chi connectivity index (χ1v) is 7.14. The first-order valence-electron chi connectivity index (χ1n) is 6.76. The van der Waals surface area contributed by atoms with Gasteiger partial charge < -0.3 is 11.1 Å². The number of rotatable bonds is 4. The number of nitrogen functional groups attached to an aromatic ring is 1. The summed E-state index contributed by atoms with van der Waals surface area (Å²) in [6, 6.07) is 3.19. The van der Waals surface area contributed by atoms with E-state index in [1.165, 1.54) is 25.7 Å². The molecule has 1 aliphatic carbocycles. The smallest absolute Gasteiger partial charge is 0.271 e. The average molecular weight is 282 g/mol. The van der Waals surface area contributed by atoms with Crippen molar-refractivity contribution in [2.75, 3.05) is 12.3 Å². The highest BCUT2D eigenvalue weighted by molar-refractivity contribution is 6.33. The van der Waals surface area contributed by atoms with Crippen LogP contribution in [0.15, 0.2) is 12.1 Å². The summed E-state index contributed by atoms with van der Waals surface area (Å²) in [7, 11) is 0. The minimum atomic E-state index is -0.239. The van der Waals surface area contributed by atoms with E-state index in [0.29, 0.717) is 17.4 Å². The maximum atomic E-state index is 12.1. The second-order valence-electron chi connectivity index (χ2n) is 5.31. The summed E-state index contributed by atoms with van der Waals surface area (Å²) >= 11 is 5.98. The molecule has 19 heavy (non-hydrogen) atoms. The Labute approximate surface area is 118 Å². The van der Waals surface area contributed by atoms with Gasteiger partial charge in [0.25, 0.3) is 5.91 Å². The van der Waals surface area contributed by atoms with Crippen LogP contribution >= 0.6 is 11.6 Å². The lowest BCUT2D eigenvalue weighted by Crippen LogP contribution is -2.36. The topological polar surface area (TPSA) is 68.0 Å². The van der Waals surface area contributed by atoms with Crippen LogP contribution in [0, 0.1) is 5.41 Å². The SMILES string of the molecule is CCC1(CNC(=O)c2nc(N)ccc2Cl)CCCC1. The first kappa shape index (κ1) is 14.1. The van der Waals surface area contributed by atoms with Crippen molar-refractivity contribution in [3.05, 3.63) is 22.8 Å². The number of aromatic nitrogens is 1. The maximum Gasteiger partial charge on any atom is 0.271 e. The Bertz CT molecular complexity index is 470. The zero-order valence-corrected chi connectivity index (χ0v) is 12.0. The molecule has 3 N–H and O–H groups in total. The van der Waals surface area contributed by atoms with Gasteiger partial charge in [-0.05, 0) is 36.8 Å². The van der Waals surface area contributed by atoms with E-state index in [-0.39, 0.29) is 17.0 Å². The van der Waals surface area contributed by atoms with Crippen LogP contribution in [0.25, 0.3) is 0 Å². The van der Waals surface area contributed by atoms with E-state index in [9.17, 15) is 4.79 Å². The molecule has 0 radical (unpaired) electrons. The molecule has 1 fully saturated rings. The number of carbonyl (C=O) groups excluding carboxylic acids is 1. The zero-order chi connectivity index (χ0) is 13.9. The third kappa shape index (κ3) is 3.18. The van der Waals surface area contributed by atoms with Crippen LogP contribution in [-0.4, -0.2) is 17.4 Å². The van der Waals surface area contributed by atoms with Gasteiger partial charge >= 0.3 is 0 Å². The van der Waals surface area contributed by atoms with E-state index >= 15 is 0 Å². The lowest BCUT2D eigenvalue weighted by atomic mass is 9.83. The van der Waals surface area contributed by atoms with Crippen molar-refractivity contribution in [3.8, 4) is 0 Å². The summed E-state index contributed by atoms with van der Waals surface area (Å²) < 4.78 is 0. The number of amides is 1. The molecule has 0 atom stereocenters. The fourth-order valence-electron chi connectivity index (χ4n) is 2.75. The van der Waals surface area contributed by atoms with Gasteiger partial charge in [0.15, 0.2) is 0 Å². The fourth-order valence-corrected chi connectivity index (χ4v) is 2.94. The first-order chi connectivity index (χ1) is 9.06. The molecule has 0 bridgehead atoms. The molecule has 5 heteroatoms. The standard InChI is InChI=1S/C14H20ClN3O/c1-2-14(7-3-4-8-14)9-17-13(19)12-10(15)5-6-11(16)18-12/h5-6H,2-4,7-9H2,1H3,(H2,16,18)(H,17,19). The molecule has 104 valence electrons. The van der Waals surface area contributed by atoms with Gasteiger partial charge in [0, 0.05) is 6.54 Å². The van der Waals surface area contributed by atoms with E-state index in [2.05, 4.69) is 17.2 Å². The zero-order valence-electron chi connectivity index (χ0n) is 11.2. The van der Waals surface area contributed by atoms with Crippen LogP contribution < -0.4 is 11.1 Å². The molecule has 0 unspecified atom stereocenters. The van der Waals surface area contributed by atoms with E-state index in [0.717, 1.165) is 6.42 Å². The Balaban J connectivity index is 2.03. The van der Waals surface area contributed by atoms with Crippen LogP contribution in [0.2, 0.25) is 5.02 Å². The van der Waals surface area contributed by atoms with Crippen LogP contribution in [0.4, 0.5) is 5.82 Å². The van der Waals surface area contributed by atoms with Gasteiger partial charge in [-0.15, -0.1) is 0 Å². The number of hydrogen-bond acceptors (Lipinski definition) is 3. The van der Waals surface area contributed by atoms with Gasteiger partial charge in [0.2, 0.25) is 0 Å². The van der Waals surface area contributed by atoms with E-state index in [1.54, 1.807) is 12.1 Å². The third-order valence-electron chi connectivity index (χ3n) is 4.12. The summed E-state index contributed by atoms with van der Waals surface area (Å²) in [4.78, 5) is 16.1. The quantitative estimate of drug-likeness (QED) is 0.891. The molecule has 1 saturated carbocycles. The predicted molar refractivity (Wildman–Crippen MR) is 77.2 cm³/mol. The highest BCUT2D eigenvalue weighted by Crippen LogP contribution is 2.40. The van der Waals surface area contributed by atoms with Crippen molar-refractivity contribution in [3.63, 3.8) is 0 Å². The Morgan fingerprint density at radius 2 is 2.16 bits per heavy atom. The lowest BCUT2D eigenvalue weighted by Gasteiger charge is -2.27. The summed E-state index contributed by atoms with van der Waals surface area (Å²) in [5, 5.41) is 3.30. The fraction of sp³-hybridized carbons (Fsp3) is 0.571. The average Bonchev–Trinajstić information content (AvgIpc) is 2.88. The number of pyridine rings is 1. The molecule has 2 rings (SSSR count). The summed E-state index contributed by atoms with van der Waals surface area (Å²) in [6.45, 7) is 2.87. The minimum Gasteiger partial charge on any atom is -0.384 e. The van der Waals surface area contributed by atoms with Crippen LogP contribution in [0.3, 0.4) is 0 Å². The molecule has 1 heterocycles. The molecule has 0 aliphatic heterocycles. The highest BCUT2D eigenvalue weighted by atomic mass is 35.5. The minimum absolute atomic E-state index is 0.214. The Kier molecular flexibility index (Phi) is 4.30. The van der Waals surface area contributed by atoms with Crippen molar-refractivity contribution >= 4 is 23.3 Å². The van der Waals surface area contributed by atoms with Gasteiger partial charge in [0.05, 0.1) is 5.02 Å². The molecule has 1 aliphatic rings. The number of halogens is 1. The summed E-state index contributed by atoms with van der Waals surface area (Å²) in [5.74, 6) is 0.0673. The number of nitrogens with two attached hydrogens (primary N) is 1. The van der Waals surface area contributed by atoms with Gasteiger partial charge in [0.1, 0.15) is 11.5 Å². The van der Waals surface area contributed by atoms with Crippen LogP contribution in [0.5, 0.6) is 0 Å². The van der Waals surface area contributed by atoms with E-state index < -0.39 is 0 Å². The molecule has 0 aromatic carbocycles. The van der Waals surface area contributed by atoms with Crippen molar-refractivity contribution in [2.24, 2.45) is 5.41 Å². The Morgan fingerprint density at radius 1 is 1.47 bits per heavy atom. The van der Waals surface area contributed by atoms with Crippen molar-refractivity contribution < 1.29 is 4.79 Å². The van der Waals surface area contributed by atoms with Gasteiger partial charge in [-0.25, -0.2) is 4.98 Å². The molecular weight excluding hydrogens is 262 g/mol. The normalized spacial score (nSPS) is 17.4. The monoisotopic (exact) mass is 281 g/mol. The molecular formula is C14H20ClN3O. The summed E-state index contributed by atoms with van der Waals surface area (Å²) in [6.07, 6.45) is 5.96. The maximum absolute atomic E-state index is 12.1. The summed E-state index contributed by atoms with van der Waals surface area (Å²) in [5.41, 5.74) is 6.05. The number of anilines is 1. The van der Waals surface area contributed by atoms with E-state index in [4.69, 9.17) is 17.3 Å². The van der Waals surface area contributed by atoms with Crippen molar-refractivity contribution in [2.45, 2.75) is 39.0 Å². The molecule has 1 aromatic rings. The molecule has 0 spiro atoms. The largest absolute Gasteiger partial charge is 0.384 e. The van der Waals surface area contributed by atoms with Crippen molar-refractivity contribution in [1.29, 1.82) is 0 Å². The molecule has 0 saturated heterocycles. The number of nitrogens with one attached hydrogen (secondary N) is 1. The number of hydrogen-bond donors (Lipinski definition) is 2. The molecule has 1 aromatic heterocycles. The second-order valence-corrected chi connectivity index (χ2v) is 5.72. The Hall–Kier alpha value is -1.29. The van der Waals surface area contributed by atoms with Crippen LogP contribution in [0.1, 0.15) is 49.5 Å². The molecule has 4 nitrogen and oxygen atoms in total. The van der Waals surface area contributed by atoms with Crippen molar-refractivity contribution in [1.82, 2.24) is 10.3 Å².